The number of hydrogen-bond acceptors (Lipinski definition) is 4. The van der Waals surface area contributed by atoms with E-state index in [0.717, 1.165) is 70.3 Å². The van der Waals surface area contributed by atoms with Crippen molar-refractivity contribution in [2.24, 2.45) is 16.6 Å². The molecule has 1 aliphatic rings. The van der Waals surface area contributed by atoms with E-state index in [2.05, 4.69) is 15.6 Å². The van der Waals surface area contributed by atoms with E-state index in [1.165, 1.54) is 0 Å². The molecule has 1 fully saturated rings. The Labute approximate surface area is 161 Å². The van der Waals surface area contributed by atoms with Crippen LogP contribution in [-0.4, -0.2) is 51.4 Å². The summed E-state index contributed by atoms with van der Waals surface area (Å²) in [6.07, 6.45) is 3.13. The average molecular weight is 377 g/mol. The molecule has 1 saturated heterocycles. The Bertz CT molecular complexity index is 601. The molecule has 7 heteroatoms. The van der Waals surface area contributed by atoms with E-state index in [0.29, 0.717) is 18.0 Å². The molecule has 1 aromatic carbocycles. The number of nitrogens with two attached hydrogens (primary N) is 1. The quantitative estimate of drug-likeness (QED) is 0.328. The van der Waals surface area contributed by atoms with Crippen LogP contribution in [0.3, 0.4) is 0 Å². The van der Waals surface area contributed by atoms with Gasteiger partial charge in [-0.05, 0) is 49.8 Å². The van der Waals surface area contributed by atoms with Gasteiger partial charge in [0.25, 0.3) is 0 Å². The molecule has 150 valence electrons. The third-order valence-corrected chi connectivity index (χ3v) is 4.43. The molecule has 0 aliphatic carbocycles. The Morgan fingerprint density at radius 3 is 2.89 bits per heavy atom. The van der Waals surface area contributed by atoms with Crippen LogP contribution in [0.4, 0.5) is 0 Å². The van der Waals surface area contributed by atoms with Gasteiger partial charge in [-0.15, -0.1) is 0 Å². The van der Waals surface area contributed by atoms with Crippen LogP contribution in [0, 0.1) is 5.92 Å². The minimum Gasteiger partial charge on any atom is -0.381 e. The number of hydrogen-bond donors (Lipinski definition) is 3. The number of nitrogens with one attached hydrogen (secondary N) is 2. The van der Waals surface area contributed by atoms with Crippen LogP contribution < -0.4 is 16.4 Å². The third-order valence-electron chi connectivity index (χ3n) is 4.43. The van der Waals surface area contributed by atoms with Gasteiger partial charge >= 0.3 is 0 Å². The lowest BCUT2D eigenvalue weighted by Gasteiger charge is -2.21. The standard InChI is InChI=1S/C20H32N4O3/c1-2-22-20(24-14-17-5-3-6-18(13-17)19(21)25)23-9-4-10-27-15-16-7-11-26-12-8-16/h3,5-6,13,16H,2,4,7-12,14-15H2,1H3,(H2,21,25)(H2,22,23,24). The van der Waals surface area contributed by atoms with Crippen molar-refractivity contribution in [2.45, 2.75) is 32.7 Å². The van der Waals surface area contributed by atoms with E-state index >= 15 is 0 Å². The Morgan fingerprint density at radius 1 is 1.33 bits per heavy atom. The minimum atomic E-state index is -0.424. The van der Waals surface area contributed by atoms with Gasteiger partial charge in [-0.1, -0.05) is 12.1 Å². The van der Waals surface area contributed by atoms with Crippen molar-refractivity contribution in [3.05, 3.63) is 35.4 Å². The summed E-state index contributed by atoms with van der Waals surface area (Å²) in [5.41, 5.74) is 6.77. The molecule has 0 radical (unpaired) electrons. The van der Waals surface area contributed by atoms with Gasteiger partial charge in [0, 0.05) is 45.1 Å². The summed E-state index contributed by atoms with van der Waals surface area (Å²) < 4.78 is 11.1. The van der Waals surface area contributed by atoms with Crippen molar-refractivity contribution < 1.29 is 14.3 Å². The van der Waals surface area contributed by atoms with Crippen LogP contribution in [-0.2, 0) is 16.0 Å². The molecule has 0 saturated carbocycles. The number of ether oxygens (including phenoxy) is 2. The van der Waals surface area contributed by atoms with E-state index in [-0.39, 0.29) is 0 Å². The predicted molar refractivity (Wildman–Crippen MR) is 107 cm³/mol. The first kappa shape index (κ1) is 21.2. The zero-order valence-corrected chi connectivity index (χ0v) is 16.2. The van der Waals surface area contributed by atoms with Crippen LogP contribution in [0.5, 0.6) is 0 Å². The first-order chi connectivity index (χ1) is 13.2. The number of nitrogens with zero attached hydrogens (tertiary/aromatic N) is 1. The molecular formula is C20H32N4O3. The maximum absolute atomic E-state index is 11.3. The fourth-order valence-electron chi connectivity index (χ4n) is 2.88. The molecular weight excluding hydrogens is 344 g/mol. The summed E-state index contributed by atoms with van der Waals surface area (Å²) in [4.78, 5) is 15.8. The van der Waals surface area contributed by atoms with E-state index in [1.54, 1.807) is 12.1 Å². The van der Waals surface area contributed by atoms with Crippen LogP contribution in [0.1, 0.15) is 42.1 Å². The van der Waals surface area contributed by atoms with Gasteiger partial charge in [0.05, 0.1) is 6.54 Å². The maximum Gasteiger partial charge on any atom is 0.248 e. The molecule has 1 aliphatic heterocycles. The second kappa shape index (κ2) is 12.3. The summed E-state index contributed by atoms with van der Waals surface area (Å²) in [7, 11) is 0. The van der Waals surface area contributed by atoms with Crippen molar-refractivity contribution in [1.82, 2.24) is 10.6 Å². The number of carbonyl (C=O) groups excluding carboxylic acids is 1. The largest absolute Gasteiger partial charge is 0.381 e. The van der Waals surface area contributed by atoms with Crippen LogP contribution >= 0.6 is 0 Å². The highest BCUT2D eigenvalue weighted by Crippen LogP contribution is 2.14. The summed E-state index contributed by atoms with van der Waals surface area (Å²) in [6, 6.07) is 7.24. The lowest BCUT2D eigenvalue weighted by atomic mass is 10.0. The SMILES string of the molecule is CCNC(=NCc1cccc(C(N)=O)c1)NCCCOCC1CCOCC1. The molecule has 1 aromatic rings. The minimum absolute atomic E-state index is 0.424. The van der Waals surface area contributed by atoms with Crippen LogP contribution in [0.2, 0.25) is 0 Å². The Kier molecular flexibility index (Phi) is 9.65. The van der Waals surface area contributed by atoms with Crippen molar-refractivity contribution in [2.75, 3.05) is 39.5 Å². The molecule has 0 aromatic heterocycles. The van der Waals surface area contributed by atoms with Crippen molar-refractivity contribution >= 4 is 11.9 Å². The highest BCUT2D eigenvalue weighted by atomic mass is 16.5. The summed E-state index contributed by atoms with van der Waals surface area (Å²) in [5.74, 6) is 0.972. The number of benzene rings is 1. The molecule has 27 heavy (non-hydrogen) atoms. The second-order valence-electron chi connectivity index (χ2n) is 6.67. The zero-order valence-electron chi connectivity index (χ0n) is 16.2. The smallest absolute Gasteiger partial charge is 0.248 e. The van der Waals surface area contributed by atoms with Gasteiger partial charge in [-0.2, -0.15) is 0 Å². The number of aliphatic imine (C=N–C) groups is 1. The van der Waals surface area contributed by atoms with Crippen molar-refractivity contribution in [3.8, 4) is 0 Å². The van der Waals surface area contributed by atoms with Crippen LogP contribution in [0.25, 0.3) is 0 Å². The summed E-state index contributed by atoms with van der Waals surface area (Å²) in [5, 5.41) is 6.54. The topological polar surface area (TPSA) is 98.0 Å². The molecule has 2 rings (SSSR count). The molecule has 0 spiro atoms. The van der Waals surface area contributed by atoms with E-state index in [1.807, 2.05) is 19.1 Å². The zero-order chi connectivity index (χ0) is 19.3. The first-order valence-electron chi connectivity index (χ1n) is 9.75. The van der Waals surface area contributed by atoms with Crippen LogP contribution in [0.15, 0.2) is 29.3 Å². The van der Waals surface area contributed by atoms with Crippen molar-refractivity contribution in [1.29, 1.82) is 0 Å². The van der Waals surface area contributed by atoms with Gasteiger partial charge in [-0.3, -0.25) is 4.79 Å². The number of rotatable bonds is 10. The maximum atomic E-state index is 11.3. The predicted octanol–water partition coefficient (Wildman–Crippen LogP) is 1.67. The number of guanidine groups is 1. The molecule has 7 nitrogen and oxygen atoms in total. The Morgan fingerprint density at radius 2 is 2.15 bits per heavy atom. The van der Waals surface area contributed by atoms with E-state index < -0.39 is 5.91 Å². The molecule has 0 atom stereocenters. The lowest BCUT2D eigenvalue weighted by molar-refractivity contribution is 0.0203. The summed E-state index contributed by atoms with van der Waals surface area (Å²) in [6.45, 7) is 7.38. The molecule has 4 N–H and O–H groups in total. The molecule has 1 heterocycles. The molecule has 0 bridgehead atoms. The average Bonchev–Trinajstić information content (AvgIpc) is 2.69. The highest BCUT2D eigenvalue weighted by molar-refractivity contribution is 5.92. The van der Waals surface area contributed by atoms with Gasteiger partial charge in [0.2, 0.25) is 5.91 Å². The molecule has 0 unspecified atom stereocenters. The first-order valence-corrected chi connectivity index (χ1v) is 9.75. The van der Waals surface area contributed by atoms with Crippen molar-refractivity contribution in [3.63, 3.8) is 0 Å². The summed E-state index contributed by atoms with van der Waals surface area (Å²) >= 11 is 0. The molecule has 1 amide bonds. The normalized spacial score (nSPS) is 15.5. The fraction of sp³-hybridized carbons (Fsp3) is 0.600. The number of carbonyl (C=O) groups is 1. The van der Waals surface area contributed by atoms with Gasteiger partial charge in [0.1, 0.15) is 0 Å². The number of primary amides is 1. The van der Waals surface area contributed by atoms with Gasteiger partial charge < -0.3 is 25.8 Å². The van der Waals surface area contributed by atoms with E-state index in [9.17, 15) is 4.79 Å². The third kappa shape index (κ3) is 8.41. The van der Waals surface area contributed by atoms with Gasteiger partial charge in [-0.25, -0.2) is 4.99 Å². The van der Waals surface area contributed by atoms with E-state index in [4.69, 9.17) is 15.2 Å². The Balaban J connectivity index is 1.68. The lowest BCUT2D eigenvalue weighted by Crippen LogP contribution is -2.38. The highest BCUT2D eigenvalue weighted by Gasteiger charge is 2.13. The monoisotopic (exact) mass is 376 g/mol. The fourth-order valence-corrected chi connectivity index (χ4v) is 2.88. The second-order valence-corrected chi connectivity index (χ2v) is 6.67. The van der Waals surface area contributed by atoms with Gasteiger partial charge in [0.15, 0.2) is 5.96 Å². The Hall–Kier alpha value is -2.12. The number of amides is 1.